The van der Waals surface area contributed by atoms with Crippen LogP contribution in [0.5, 0.6) is 0 Å². The van der Waals surface area contributed by atoms with Gasteiger partial charge in [0, 0.05) is 5.03 Å². The number of halogens is 1. The van der Waals surface area contributed by atoms with Gasteiger partial charge in [0.1, 0.15) is 0 Å². The molecule has 0 aliphatic carbocycles. The van der Waals surface area contributed by atoms with Gasteiger partial charge < -0.3 is 0 Å². The highest BCUT2D eigenvalue weighted by Gasteiger charge is 1.83. The third-order valence-electron chi connectivity index (χ3n) is 0.802. The van der Waals surface area contributed by atoms with Crippen LogP contribution in [-0.2, 0) is 0 Å². The second-order valence-corrected chi connectivity index (χ2v) is 2.16. The number of unbranched alkanes of at least 4 members (excludes halogenated alkanes) is 1. The normalized spacial score (nSPS) is 8.86. The van der Waals surface area contributed by atoms with E-state index < -0.39 is 0 Å². The average Bonchev–Trinajstić information content (AvgIpc) is 1.61. The molecule has 0 heterocycles. The van der Waals surface area contributed by atoms with Crippen LogP contribution in [-0.4, -0.2) is 0 Å². The van der Waals surface area contributed by atoms with Crippen molar-refractivity contribution < 1.29 is 0 Å². The average molecular weight is 119 g/mol. The van der Waals surface area contributed by atoms with Gasteiger partial charge in [0.15, 0.2) is 0 Å². The summed E-state index contributed by atoms with van der Waals surface area (Å²) in [6, 6.07) is 0. The van der Waals surface area contributed by atoms with E-state index in [-0.39, 0.29) is 0 Å². The Morgan fingerprint density at radius 3 is 2.43 bits per heavy atom. The summed E-state index contributed by atoms with van der Waals surface area (Å²) in [5.74, 6) is 0. The molecular formula is C6H11Cl. The third kappa shape index (κ3) is 6.03. The lowest BCUT2D eigenvalue weighted by Crippen LogP contribution is -1.68. The predicted octanol–water partition coefficient (Wildman–Crippen LogP) is 2.93. The molecule has 0 nitrogen and oxygen atoms in total. The van der Waals surface area contributed by atoms with Crippen LogP contribution in [0.1, 0.15) is 26.2 Å². The third-order valence-corrected chi connectivity index (χ3v) is 0.991. The van der Waals surface area contributed by atoms with E-state index in [1.165, 1.54) is 12.8 Å². The van der Waals surface area contributed by atoms with Gasteiger partial charge in [-0.15, -0.1) is 0 Å². The highest BCUT2D eigenvalue weighted by Crippen LogP contribution is 2.07. The van der Waals surface area contributed by atoms with E-state index in [0.717, 1.165) is 11.5 Å². The van der Waals surface area contributed by atoms with Crippen LogP contribution in [0.25, 0.3) is 0 Å². The molecule has 0 aromatic heterocycles. The fourth-order valence-electron chi connectivity index (χ4n) is 0.369. The fraction of sp³-hybridized carbons (Fsp3) is 0.667. The Hall–Kier alpha value is 0.0300. The summed E-state index contributed by atoms with van der Waals surface area (Å²) in [5.41, 5.74) is 0. The van der Waals surface area contributed by atoms with Gasteiger partial charge in [-0.3, -0.25) is 0 Å². The second kappa shape index (κ2) is 4.20. The molecule has 0 atom stereocenters. The first-order chi connectivity index (χ1) is 3.27. The van der Waals surface area contributed by atoms with E-state index in [0.29, 0.717) is 0 Å². The minimum atomic E-state index is 0.779. The molecule has 0 aromatic carbocycles. The fourth-order valence-corrected chi connectivity index (χ4v) is 0.502. The van der Waals surface area contributed by atoms with E-state index in [1.54, 1.807) is 0 Å². The molecule has 0 radical (unpaired) electrons. The van der Waals surface area contributed by atoms with Crippen LogP contribution in [0.3, 0.4) is 0 Å². The smallest absolute Gasteiger partial charge is 0.0109 e. The number of hydrogen-bond acceptors (Lipinski definition) is 0. The first-order valence-corrected chi connectivity index (χ1v) is 2.98. The molecule has 7 heavy (non-hydrogen) atoms. The molecule has 0 amide bonds. The lowest BCUT2D eigenvalue weighted by atomic mass is 10.2. The Kier molecular flexibility index (Phi) is 4.21. The molecule has 0 aliphatic rings. The molecular weight excluding hydrogens is 108 g/mol. The van der Waals surface area contributed by atoms with Gasteiger partial charge in [0.25, 0.3) is 0 Å². The molecule has 0 N–H and O–H groups in total. The molecule has 0 aliphatic heterocycles. The van der Waals surface area contributed by atoms with Crippen molar-refractivity contribution in [2.24, 2.45) is 0 Å². The molecule has 1 heteroatoms. The highest BCUT2D eigenvalue weighted by molar-refractivity contribution is 6.29. The van der Waals surface area contributed by atoms with Gasteiger partial charge in [-0.05, 0) is 12.8 Å². The minimum absolute atomic E-state index is 0.779. The molecule has 0 bridgehead atoms. The maximum absolute atomic E-state index is 5.46. The van der Waals surface area contributed by atoms with E-state index >= 15 is 0 Å². The largest absolute Gasteiger partial charge is 0.0898 e. The molecule has 42 valence electrons. The number of allylic oxidation sites excluding steroid dienone is 1. The summed E-state index contributed by atoms with van der Waals surface area (Å²) in [5, 5.41) is 0.779. The first-order valence-electron chi connectivity index (χ1n) is 2.60. The predicted molar refractivity (Wildman–Crippen MR) is 34.5 cm³/mol. The molecule has 0 saturated heterocycles. The zero-order valence-corrected chi connectivity index (χ0v) is 5.46. The van der Waals surface area contributed by atoms with Crippen LogP contribution in [0.15, 0.2) is 11.6 Å². The summed E-state index contributed by atoms with van der Waals surface area (Å²) in [4.78, 5) is 0. The first kappa shape index (κ1) is 7.03. The van der Waals surface area contributed by atoms with E-state index in [2.05, 4.69) is 13.5 Å². The monoisotopic (exact) mass is 118 g/mol. The topological polar surface area (TPSA) is 0 Å². The highest BCUT2D eigenvalue weighted by atomic mass is 35.5. The van der Waals surface area contributed by atoms with E-state index in [4.69, 9.17) is 11.6 Å². The van der Waals surface area contributed by atoms with Crippen LogP contribution >= 0.6 is 11.6 Å². The van der Waals surface area contributed by atoms with Gasteiger partial charge in [0.2, 0.25) is 0 Å². The summed E-state index contributed by atoms with van der Waals surface area (Å²) in [6.07, 6.45) is 3.34. The Bertz CT molecular complexity index is 57.2. The van der Waals surface area contributed by atoms with Crippen molar-refractivity contribution in [2.75, 3.05) is 0 Å². The van der Waals surface area contributed by atoms with Crippen molar-refractivity contribution in [2.45, 2.75) is 26.2 Å². The van der Waals surface area contributed by atoms with Crippen molar-refractivity contribution in [3.63, 3.8) is 0 Å². The van der Waals surface area contributed by atoms with Crippen molar-refractivity contribution in [3.05, 3.63) is 11.6 Å². The molecule has 0 rings (SSSR count). The van der Waals surface area contributed by atoms with Crippen LogP contribution in [0.2, 0.25) is 0 Å². The maximum Gasteiger partial charge on any atom is 0.0109 e. The molecule has 0 aromatic rings. The van der Waals surface area contributed by atoms with Crippen molar-refractivity contribution in [3.8, 4) is 0 Å². The molecule has 0 saturated carbocycles. The van der Waals surface area contributed by atoms with Crippen LogP contribution in [0, 0.1) is 0 Å². The van der Waals surface area contributed by atoms with E-state index in [1.807, 2.05) is 0 Å². The van der Waals surface area contributed by atoms with E-state index in [9.17, 15) is 0 Å². The summed E-state index contributed by atoms with van der Waals surface area (Å²) in [6.45, 7) is 5.70. The lowest BCUT2D eigenvalue weighted by Gasteiger charge is -1.89. The molecule has 0 spiro atoms. The Labute approximate surface area is 50.2 Å². The van der Waals surface area contributed by atoms with Gasteiger partial charge in [-0.25, -0.2) is 0 Å². The van der Waals surface area contributed by atoms with Gasteiger partial charge >= 0.3 is 0 Å². The maximum atomic E-state index is 5.46. The molecule has 0 unspecified atom stereocenters. The summed E-state index contributed by atoms with van der Waals surface area (Å²) >= 11 is 5.46. The van der Waals surface area contributed by atoms with Crippen molar-refractivity contribution in [1.82, 2.24) is 0 Å². The Morgan fingerprint density at radius 1 is 1.71 bits per heavy atom. The standard InChI is InChI=1S/C6H11Cl/c1-3-4-5-6(2)7/h2-5H2,1H3. The number of rotatable bonds is 3. The summed E-state index contributed by atoms with van der Waals surface area (Å²) in [7, 11) is 0. The number of hydrogen-bond donors (Lipinski definition) is 0. The quantitative estimate of drug-likeness (QED) is 0.535. The van der Waals surface area contributed by atoms with Gasteiger partial charge in [-0.1, -0.05) is 31.5 Å². The summed E-state index contributed by atoms with van der Waals surface area (Å²) < 4.78 is 0. The zero-order chi connectivity index (χ0) is 5.70. The Balaban J connectivity index is 2.82. The SMILES string of the molecule is C=C(Cl)CCCC. The van der Waals surface area contributed by atoms with Crippen LogP contribution < -0.4 is 0 Å². The molecule has 0 fully saturated rings. The Morgan fingerprint density at radius 2 is 2.29 bits per heavy atom. The van der Waals surface area contributed by atoms with Crippen LogP contribution in [0.4, 0.5) is 0 Å². The minimum Gasteiger partial charge on any atom is -0.0898 e. The lowest BCUT2D eigenvalue weighted by molar-refractivity contribution is 0.808. The van der Waals surface area contributed by atoms with Crippen molar-refractivity contribution >= 4 is 11.6 Å². The second-order valence-electron chi connectivity index (χ2n) is 1.62. The van der Waals surface area contributed by atoms with Gasteiger partial charge in [0.05, 0.1) is 0 Å². The zero-order valence-electron chi connectivity index (χ0n) is 4.71. The van der Waals surface area contributed by atoms with Crippen molar-refractivity contribution in [1.29, 1.82) is 0 Å². The van der Waals surface area contributed by atoms with Gasteiger partial charge in [-0.2, -0.15) is 0 Å².